The summed E-state index contributed by atoms with van der Waals surface area (Å²) in [5, 5.41) is 16.7. The average Bonchev–Trinajstić information content (AvgIpc) is 3.26. The molecule has 3 N–H and O–H groups in total. The van der Waals surface area contributed by atoms with Crippen LogP contribution in [-0.2, 0) is 33.8 Å². The molecule has 212 valence electrons. The van der Waals surface area contributed by atoms with Crippen LogP contribution in [0.3, 0.4) is 0 Å². The second-order valence-corrected chi connectivity index (χ2v) is 10.0. The largest absolute Gasteiger partial charge is 0.464 e. The van der Waals surface area contributed by atoms with Gasteiger partial charge in [-0.05, 0) is 43.2 Å². The fourth-order valence-corrected chi connectivity index (χ4v) is 4.26. The lowest BCUT2D eigenvalue weighted by Crippen LogP contribution is -2.19. The molecule has 41 heavy (non-hydrogen) atoms. The Morgan fingerprint density at radius 2 is 1.78 bits per heavy atom. The van der Waals surface area contributed by atoms with Gasteiger partial charge in [0, 0.05) is 31.1 Å². The van der Waals surface area contributed by atoms with Gasteiger partial charge in [-0.3, -0.25) is 4.79 Å². The normalized spacial score (nSPS) is 11.0. The fourth-order valence-electron chi connectivity index (χ4n) is 4.26. The highest BCUT2D eigenvalue weighted by atomic mass is 16.5. The molecule has 9 heteroatoms. The summed E-state index contributed by atoms with van der Waals surface area (Å²) in [5.74, 6) is 4.92. The van der Waals surface area contributed by atoms with Crippen molar-refractivity contribution in [1.29, 1.82) is 0 Å². The number of ether oxygens (including phenoxy) is 2. The number of rotatable bonds is 10. The Labute approximate surface area is 239 Å². The van der Waals surface area contributed by atoms with Crippen molar-refractivity contribution < 1.29 is 24.2 Å². The summed E-state index contributed by atoms with van der Waals surface area (Å²) in [7, 11) is 2.88. The molecule has 4 rings (SSSR count). The molecular formula is C32H34N4O5. The highest BCUT2D eigenvalue weighted by Gasteiger charge is 2.26. The zero-order valence-corrected chi connectivity index (χ0v) is 23.7. The van der Waals surface area contributed by atoms with Crippen molar-refractivity contribution in [2.45, 2.75) is 39.0 Å². The van der Waals surface area contributed by atoms with Crippen LogP contribution in [0.1, 0.15) is 41.0 Å². The van der Waals surface area contributed by atoms with Crippen molar-refractivity contribution in [3.05, 3.63) is 89.2 Å². The smallest absolute Gasteiger partial charge is 0.356 e. The number of pyridine rings is 1. The van der Waals surface area contributed by atoms with Gasteiger partial charge in [0.2, 0.25) is 5.91 Å². The van der Waals surface area contributed by atoms with Crippen LogP contribution in [0.5, 0.6) is 0 Å². The number of aliphatic hydroxyl groups is 1. The first kappa shape index (κ1) is 29.3. The van der Waals surface area contributed by atoms with E-state index in [0.29, 0.717) is 42.1 Å². The molecule has 0 aliphatic carbocycles. The Morgan fingerprint density at radius 1 is 1.05 bits per heavy atom. The quantitative estimate of drug-likeness (QED) is 0.197. The number of anilines is 2. The summed E-state index contributed by atoms with van der Waals surface area (Å²) >= 11 is 0. The molecule has 0 saturated carbocycles. The zero-order valence-electron chi connectivity index (χ0n) is 23.7. The lowest BCUT2D eigenvalue weighted by Gasteiger charge is -2.10. The van der Waals surface area contributed by atoms with Gasteiger partial charge in [-0.15, -0.1) is 0 Å². The Morgan fingerprint density at radius 3 is 2.44 bits per heavy atom. The molecule has 0 fully saturated rings. The zero-order chi connectivity index (χ0) is 29.4. The van der Waals surface area contributed by atoms with Crippen LogP contribution in [0.2, 0.25) is 0 Å². The van der Waals surface area contributed by atoms with E-state index in [1.165, 1.54) is 7.11 Å². The maximum Gasteiger partial charge on any atom is 0.356 e. The summed E-state index contributed by atoms with van der Waals surface area (Å²) in [4.78, 5) is 30.7. The first-order chi connectivity index (χ1) is 19.7. The average molecular weight is 555 g/mol. The Bertz CT molecular complexity index is 1580. The third-order valence-corrected chi connectivity index (χ3v) is 6.23. The lowest BCUT2D eigenvalue weighted by atomic mass is 10.1. The molecule has 1 amide bonds. The first-order valence-electron chi connectivity index (χ1n) is 13.2. The SMILES string of the molecule is COCCn1c(C(=O)OC)c(NC(=O)Cc2ccccc2)c2cc(NCc3ccc(C#CC(C)(C)O)cc3)cnc21. The van der Waals surface area contributed by atoms with E-state index in [0.717, 1.165) is 16.7 Å². The molecule has 0 bridgehead atoms. The van der Waals surface area contributed by atoms with Crippen LogP contribution < -0.4 is 10.6 Å². The highest BCUT2D eigenvalue weighted by molar-refractivity contribution is 6.11. The number of nitrogens with one attached hydrogen (secondary N) is 2. The number of methoxy groups -OCH3 is 2. The van der Waals surface area contributed by atoms with Gasteiger partial charge in [0.05, 0.1) is 37.7 Å². The number of carbonyl (C=O) groups is 2. The monoisotopic (exact) mass is 554 g/mol. The van der Waals surface area contributed by atoms with Gasteiger partial charge in [0.25, 0.3) is 0 Å². The van der Waals surface area contributed by atoms with Crippen molar-refractivity contribution in [2.75, 3.05) is 31.5 Å². The van der Waals surface area contributed by atoms with Gasteiger partial charge in [-0.1, -0.05) is 54.3 Å². The minimum Gasteiger partial charge on any atom is -0.464 e. The minimum absolute atomic E-state index is 0.147. The van der Waals surface area contributed by atoms with Crippen molar-refractivity contribution in [2.24, 2.45) is 0 Å². The summed E-state index contributed by atoms with van der Waals surface area (Å²) in [6.45, 7) is 4.47. The van der Waals surface area contributed by atoms with Gasteiger partial charge in [-0.2, -0.15) is 0 Å². The highest BCUT2D eigenvalue weighted by Crippen LogP contribution is 2.33. The van der Waals surface area contributed by atoms with Gasteiger partial charge in [-0.25, -0.2) is 9.78 Å². The number of benzene rings is 2. The Balaban J connectivity index is 1.64. The topological polar surface area (TPSA) is 115 Å². The van der Waals surface area contributed by atoms with E-state index in [1.807, 2.05) is 60.7 Å². The fraction of sp³-hybridized carbons (Fsp3) is 0.281. The molecule has 0 unspecified atom stereocenters. The Kier molecular flexibility index (Phi) is 9.40. The van der Waals surface area contributed by atoms with Crippen LogP contribution >= 0.6 is 0 Å². The second kappa shape index (κ2) is 13.1. The molecule has 0 aliphatic heterocycles. The van der Waals surface area contributed by atoms with Gasteiger partial charge < -0.3 is 29.8 Å². The van der Waals surface area contributed by atoms with Crippen LogP contribution in [0.15, 0.2) is 66.9 Å². The molecule has 2 aromatic heterocycles. The van der Waals surface area contributed by atoms with Crippen LogP contribution in [-0.4, -0.2) is 53.0 Å². The van der Waals surface area contributed by atoms with Gasteiger partial charge in [0.1, 0.15) is 11.2 Å². The molecule has 0 aliphatic rings. The summed E-state index contributed by atoms with van der Waals surface area (Å²) in [6.07, 6.45) is 1.83. The number of esters is 1. The molecule has 0 spiro atoms. The standard InChI is InChI=1S/C32H34N4O5/c1-32(2,39)15-14-22-10-12-24(13-11-22)20-33-25-19-26-28(35-27(37)18-23-8-6-5-7-9-23)29(31(38)41-4)36(16-17-40-3)30(26)34-21-25/h5-13,19,21,33,39H,16-18,20H2,1-4H3,(H,35,37). The summed E-state index contributed by atoms with van der Waals surface area (Å²) in [5.41, 5.74) is 3.40. The maximum atomic E-state index is 13.1. The van der Waals surface area contributed by atoms with Crippen LogP contribution in [0, 0.1) is 11.8 Å². The number of carbonyl (C=O) groups excluding carboxylic acids is 2. The second-order valence-electron chi connectivity index (χ2n) is 10.0. The number of nitrogens with zero attached hydrogens (tertiary/aromatic N) is 2. The molecule has 9 nitrogen and oxygen atoms in total. The molecule has 0 radical (unpaired) electrons. The van der Waals surface area contributed by atoms with Crippen molar-refractivity contribution >= 4 is 34.3 Å². The van der Waals surface area contributed by atoms with Crippen LogP contribution in [0.25, 0.3) is 11.0 Å². The number of aromatic nitrogens is 2. The first-order valence-corrected chi connectivity index (χ1v) is 13.2. The van der Waals surface area contributed by atoms with E-state index in [4.69, 9.17) is 9.47 Å². The Hall–Kier alpha value is -4.65. The van der Waals surface area contributed by atoms with E-state index in [2.05, 4.69) is 27.5 Å². The van der Waals surface area contributed by atoms with Gasteiger partial charge in [0.15, 0.2) is 5.69 Å². The summed E-state index contributed by atoms with van der Waals surface area (Å²) < 4.78 is 12.1. The van der Waals surface area contributed by atoms with E-state index in [-0.39, 0.29) is 18.0 Å². The molecule has 4 aromatic rings. The number of hydrogen-bond donors (Lipinski definition) is 3. The van der Waals surface area contributed by atoms with E-state index < -0.39 is 11.6 Å². The maximum absolute atomic E-state index is 13.1. The van der Waals surface area contributed by atoms with E-state index >= 15 is 0 Å². The molecule has 2 aromatic carbocycles. The number of fused-ring (bicyclic) bond motifs is 1. The lowest BCUT2D eigenvalue weighted by molar-refractivity contribution is -0.115. The molecular weight excluding hydrogens is 520 g/mol. The predicted molar refractivity (Wildman–Crippen MR) is 159 cm³/mol. The van der Waals surface area contributed by atoms with Crippen LogP contribution in [0.4, 0.5) is 11.4 Å². The number of amides is 1. The van der Waals surface area contributed by atoms with E-state index in [9.17, 15) is 14.7 Å². The van der Waals surface area contributed by atoms with Crippen molar-refractivity contribution in [3.8, 4) is 11.8 Å². The van der Waals surface area contributed by atoms with Gasteiger partial charge >= 0.3 is 5.97 Å². The predicted octanol–water partition coefficient (Wildman–Crippen LogP) is 4.39. The van der Waals surface area contributed by atoms with Crippen molar-refractivity contribution in [3.63, 3.8) is 0 Å². The summed E-state index contributed by atoms with van der Waals surface area (Å²) in [6, 6.07) is 19.0. The number of hydrogen-bond acceptors (Lipinski definition) is 7. The minimum atomic E-state index is -1.05. The third-order valence-electron chi connectivity index (χ3n) is 6.23. The molecule has 2 heterocycles. The van der Waals surface area contributed by atoms with Crippen molar-refractivity contribution in [1.82, 2.24) is 9.55 Å². The molecule has 0 atom stereocenters. The third kappa shape index (κ3) is 7.72. The van der Waals surface area contributed by atoms with E-state index in [1.54, 1.807) is 31.7 Å². The molecule has 0 saturated heterocycles.